The first kappa shape index (κ1) is 16.9. The van der Waals surface area contributed by atoms with Gasteiger partial charge in [0.25, 0.3) is 5.91 Å². The summed E-state index contributed by atoms with van der Waals surface area (Å²) < 4.78 is 0. The number of imide groups is 1. The summed E-state index contributed by atoms with van der Waals surface area (Å²) in [4.78, 5) is 40.4. The summed E-state index contributed by atoms with van der Waals surface area (Å²) >= 11 is 0. The Balaban J connectivity index is 1.82. The van der Waals surface area contributed by atoms with Gasteiger partial charge < -0.3 is 4.90 Å². The van der Waals surface area contributed by atoms with Gasteiger partial charge in [0, 0.05) is 19.0 Å². The number of carbonyl (C=O) groups is 3. The van der Waals surface area contributed by atoms with Crippen LogP contribution in [0, 0.1) is 0 Å². The highest BCUT2D eigenvalue weighted by molar-refractivity contribution is 6.11. The second-order valence-corrected chi connectivity index (χ2v) is 6.46. The van der Waals surface area contributed by atoms with E-state index >= 15 is 0 Å². The Kier molecular flexibility index (Phi) is 4.40. The zero-order valence-corrected chi connectivity index (χ0v) is 14.3. The van der Waals surface area contributed by atoms with Crippen LogP contribution in [0.3, 0.4) is 0 Å². The molecule has 3 rings (SSSR count). The summed E-state index contributed by atoms with van der Waals surface area (Å²) in [5.74, 6) is -0.590. The number of urea groups is 1. The number of benzene rings is 2. The quantitative estimate of drug-likeness (QED) is 0.623. The molecule has 1 saturated heterocycles. The maximum absolute atomic E-state index is 12.9. The molecule has 1 atom stereocenters. The zero-order chi connectivity index (χ0) is 18.0. The Morgan fingerprint density at radius 3 is 2.12 bits per heavy atom. The third-order valence-corrected chi connectivity index (χ3v) is 4.75. The van der Waals surface area contributed by atoms with Crippen molar-refractivity contribution in [1.82, 2.24) is 9.80 Å². The van der Waals surface area contributed by atoms with Gasteiger partial charge in [0.05, 0.1) is 6.54 Å². The van der Waals surface area contributed by atoms with Crippen molar-refractivity contribution in [3.8, 4) is 0 Å². The Labute approximate surface area is 146 Å². The molecular formula is C20H20N2O3. The standard InChI is InChI=1S/C20H20N2O3/c1-20(13-15-9-5-3-6-10-15)18(24)22(19(25)21(20)2)14-17(23)16-11-7-4-8-12-16/h3-12H,13-14H2,1-2H3/t20-/m0/s1. The highest BCUT2D eigenvalue weighted by atomic mass is 16.2. The normalized spacial score (nSPS) is 20.2. The molecule has 0 aliphatic carbocycles. The number of Topliss-reactive ketones (excluding diaryl/α,β-unsaturated/α-hetero) is 1. The van der Waals surface area contributed by atoms with Crippen LogP contribution in [-0.4, -0.2) is 46.7 Å². The topological polar surface area (TPSA) is 57.7 Å². The molecule has 0 bridgehead atoms. The van der Waals surface area contributed by atoms with Crippen LogP contribution in [0.4, 0.5) is 4.79 Å². The van der Waals surface area contributed by atoms with Crippen molar-refractivity contribution < 1.29 is 14.4 Å². The van der Waals surface area contributed by atoms with Crippen LogP contribution in [0.5, 0.6) is 0 Å². The first-order valence-electron chi connectivity index (χ1n) is 8.15. The molecule has 5 nitrogen and oxygen atoms in total. The predicted molar refractivity (Wildman–Crippen MR) is 94.2 cm³/mol. The van der Waals surface area contributed by atoms with Gasteiger partial charge in [-0.1, -0.05) is 60.7 Å². The van der Waals surface area contributed by atoms with Crippen LogP contribution in [0.1, 0.15) is 22.8 Å². The number of hydrogen-bond donors (Lipinski definition) is 0. The number of hydrogen-bond acceptors (Lipinski definition) is 3. The number of ketones is 1. The third kappa shape index (κ3) is 3.05. The summed E-state index contributed by atoms with van der Waals surface area (Å²) in [6.45, 7) is 1.50. The third-order valence-electron chi connectivity index (χ3n) is 4.75. The van der Waals surface area contributed by atoms with Gasteiger partial charge in [0.1, 0.15) is 5.54 Å². The summed E-state index contributed by atoms with van der Waals surface area (Å²) in [5, 5.41) is 0. The molecule has 2 aromatic carbocycles. The molecule has 0 unspecified atom stereocenters. The fourth-order valence-electron chi connectivity index (χ4n) is 3.10. The summed E-state index contributed by atoms with van der Waals surface area (Å²) in [7, 11) is 1.61. The molecule has 1 heterocycles. The maximum Gasteiger partial charge on any atom is 0.327 e. The number of rotatable bonds is 5. The van der Waals surface area contributed by atoms with Crippen LogP contribution in [-0.2, 0) is 11.2 Å². The fourth-order valence-corrected chi connectivity index (χ4v) is 3.10. The van der Waals surface area contributed by atoms with Gasteiger partial charge in [-0.3, -0.25) is 14.5 Å². The van der Waals surface area contributed by atoms with E-state index in [1.165, 1.54) is 4.90 Å². The van der Waals surface area contributed by atoms with Gasteiger partial charge in [-0.25, -0.2) is 4.79 Å². The Morgan fingerprint density at radius 1 is 0.960 bits per heavy atom. The maximum atomic E-state index is 12.9. The van der Waals surface area contributed by atoms with Crippen molar-refractivity contribution in [1.29, 1.82) is 0 Å². The van der Waals surface area contributed by atoms with Crippen LogP contribution in [0.2, 0.25) is 0 Å². The molecule has 0 N–H and O–H groups in total. The van der Waals surface area contributed by atoms with Gasteiger partial charge >= 0.3 is 6.03 Å². The summed E-state index contributed by atoms with van der Waals surface area (Å²) in [5.41, 5.74) is 0.465. The first-order chi connectivity index (χ1) is 11.9. The molecule has 0 spiro atoms. The van der Waals surface area contributed by atoms with E-state index in [-0.39, 0.29) is 18.2 Å². The fraction of sp³-hybridized carbons (Fsp3) is 0.250. The average Bonchev–Trinajstić information content (AvgIpc) is 2.79. The lowest BCUT2D eigenvalue weighted by atomic mass is 9.91. The SMILES string of the molecule is CN1C(=O)N(CC(=O)c2ccccc2)C(=O)[C@]1(C)Cc1ccccc1. The average molecular weight is 336 g/mol. The Hall–Kier alpha value is -2.95. The molecule has 0 saturated carbocycles. The van der Waals surface area contributed by atoms with E-state index in [1.807, 2.05) is 36.4 Å². The highest BCUT2D eigenvalue weighted by Gasteiger charge is 2.52. The lowest BCUT2D eigenvalue weighted by Crippen LogP contribution is -2.47. The molecule has 1 fully saturated rings. The molecule has 1 aliphatic heterocycles. The van der Waals surface area contributed by atoms with Gasteiger partial charge in [-0.15, -0.1) is 0 Å². The number of carbonyl (C=O) groups excluding carboxylic acids is 3. The largest absolute Gasteiger partial charge is 0.327 e. The summed E-state index contributed by atoms with van der Waals surface area (Å²) in [6, 6.07) is 17.8. The summed E-state index contributed by atoms with van der Waals surface area (Å²) in [6.07, 6.45) is 0.408. The second-order valence-electron chi connectivity index (χ2n) is 6.46. The predicted octanol–water partition coefficient (Wildman–Crippen LogP) is 2.76. The highest BCUT2D eigenvalue weighted by Crippen LogP contribution is 2.30. The molecule has 0 radical (unpaired) electrons. The van der Waals surface area contributed by atoms with Gasteiger partial charge in [0.2, 0.25) is 0 Å². The lowest BCUT2D eigenvalue weighted by Gasteiger charge is -2.28. The Bertz CT molecular complexity index is 804. The van der Waals surface area contributed by atoms with Gasteiger partial charge in [0.15, 0.2) is 5.78 Å². The van der Waals surface area contributed by atoms with Crippen molar-refractivity contribution in [2.24, 2.45) is 0 Å². The molecule has 3 amide bonds. The smallest absolute Gasteiger partial charge is 0.313 e. The van der Waals surface area contributed by atoms with Crippen molar-refractivity contribution >= 4 is 17.7 Å². The van der Waals surface area contributed by atoms with E-state index in [2.05, 4.69) is 0 Å². The minimum atomic E-state index is -0.991. The van der Waals surface area contributed by atoms with Crippen LogP contribution < -0.4 is 0 Å². The number of likely N-dealkylation sites (N-methyl/N-ethyl adjacent to an activating group) is 1. The van der Waals surface area contributed by atoms with E-state index in [9.17, 15) is 14.4 Å². The van der Waals surface area contributed by atoms with Crippen LogP contribution in [0.15, 0.2) is 60.7 Å². The minimum absolute atomic E-state index is 0.240. The van der Waals surface area contributed by atoms with E-state index in [0.29, 0.717) is 12.0 Å². The van der Waals surface area contributed by atoms with Crippen LogP contribution >= 0.6 is 0 Å². The van der Waals surface area contributed by atoms with E-state index < -0.39 is 11.6 Å². The van der Waals surface area contributed by atoms with Gasteiger partial charge in [-0.2, -0.15) is 0 Å². The van der Waals surface area contributed by atoms with E-state index in [4.69, 9.17) is 0 Å². The number of nitrogens with zero attached hydrogens (tertiary/aromatic N) is 2. The molecule has 2 aromatic rings. The lowest BCUT2D eigenvalue weighted by molar-refractivity contribution is -0.132. The van der Waals surface area contributed by atoms with Gasteiger partial charge in [-0.05, 0) is 12.5 Å². The second kappa shape index (κ2) is 6.51. The molecule has 128 valence electrons. The van der Waals surface area contributed by atoms with E-state index in [0.717, 1.165) is 10.5 Å². The molecule has 5 heteroatoms. The monoisotopic (exact) mass is 336 g/mol. The van der Waals surface area contributed by atoms with Crippen molar-refractivity contribution in [2.75, 3.05) is 13.6 Å². The minimum Gasteiger partial charge on any atom is -0.313 e. The molecular weight excluding hydrogens is 316 g/mol. The number of amides is 3. The van der Waals surface area contributed by atoms with E-state index in [1.54, 1.807) is 38.2 Å². The Morgan fingerprint density at radius 2 is 1.52 bits per heavy atom. The molecule has 0 aromatic heterocycles. The molecule has 25 heavy (non-hydrogen) atoms. The van der Waals surface area contributed by atoms with Crippen LogP contribution in [0.25, 0.3) is 0 Å². The first-order valence-corrected chi connectivity index (χ1v) is 8.15. The van der Waals surface area contributed by atoms with Crippen molar-refractivity contribution in [2.45, 2.75) is 18.9 Å². The zero-order valence-electron chi connectivity index (χ0n) is 14.3. The molecule has 1 aliphatic rings. The van der Waals surface area contributed by atoms with Crippen molar-refractivity contribution in [3.05, 3.63) is 71.8 Å². The van der Waals surface area contributed by atoms with Crippen molar-refractivity contribution in [3.63, 3.8) is 0 Å².